The molecule has 0 unspecified atom stereocenters. The average Bonchev–Trinajstić information content (AvgIpc) is 3.23. The van der Waals surface area contributed by atoms with Crippen molar-refractivity contribution < 1.29 is 31.6 Å². The van der Waals surface area contributed by atoms with E-state index in [0.717, 1.165) is 10.4 Å². The first-order chi connectivity index (χ1) is 15.1. The minimum Gasteiger partial charge on any atom is -0.497 e. The molecule has 1 aliphatic rings. The second kappa shape index (κ2) is 9.48. The molecule has 0 spiro atoms. The molecule has 1 aromatic heterocycles. The number of methoxy groups -OCH3 is 1. The van der Waals surface area contributed by atoms with Crippen LogP contribution in [-0.4, -0.2) is 64.0 Å². The molecule has 1 saturated heterocycles. The largest absolute Gasteiger partial charge is 0.497 e. The van der Waals surface area contributed by atoms with Gasteiger partial charge in [0.15, 0.2) is 9.84 Å². The highest BCUT2D eigenvalue weighted by Crippen LogP contribution is 2.45. The zero-order chi connectivity index (χ0) is 23.6. The summed E-state index contributed by atoms with van der Waals surface area (Å²) in [6.07, 6.45) is -0.598. The fourth-order valence-corrected chi connectivity index (χ4v) is 8.63. The number of amides is 1. The second-order valence-corrected chi connectivity index (χ2v) is 13.2. The summed E-state index contributed by atoms with van der Waals surface area (Å²) in [6.45, 7) is 1.29. The third kappa shape index (κ3) is 4.69. The van der Waals surface area contributed by atoms with Crippen LogP contribution in [0, 0.1) is 0 Å². The van der Waals surface area contributed by atoms with Gasteiger partial charge in [-0.05, 0) is 55.3 Å². The van der Waals surface area contributed by atoms with Crippen LogP contribution in [0.25, 0.3) is 10.4 Å². The number of hydrogen-bond donors (Lipinski definition) is 2. The summed E-state index contributed by atoms with van der Waals surface area (Å²) in [7, 11) is -5.98. The highest BCUT2D eigenvalue weighted by molar-refractivity contribution is 7.92. The number of nitrogens with one attached hydrogen (secondary N) is 1. The molecule has 0 aliphatic carbocycles. The number of sulfone groups is 1. The Bertz CT molecular complexity index is 1170. The fraction of sp³-hybridized carbons (Fsp3) is 0.450. The van der Waals surface area contributed by atoms with Gasteiger partial charge in [-0.15, -0.1) is 11.3 Å². The molecule has 12 heteroatoms. The number of carbonyl (C=O) groups is 1. The molecule has 9 nitrogen and oxygen atoms in total. The van der Waals surface area contributed by atoms with Crippen molar-refractivity contribution >= 4 is 37.1 Å². The quantitative estimate of drug-likeness (QED) is 0.437. The third-order valence-corrected chi connectivity index (χ3v) is 11.6. The number of hydrogen-bond acceptors (Lipinski definition) is 8. The molecule has 2 N–H and O–H groups in total. The Morgan fingerprint density at radius 1 is 1.22 bits per heavy atom. The van der Waals surface area contributed by atoms with E-state index in [1.54, 1.807) is 31.4 Å². The van der Waals surface area contributed by atoms with E-state index in [2.05, 4.69) is 0 Å². The van der Waals surface area contributed by atoms with Crippen LogP contribution < -0.4 is 10.2 Å². The van der Waals surface area contributed by atoms with Crippen molar-refractivity contribution in [2.24, 2.45) is 0 Å². The van der Waals surface area contributed by atoms with Crippen LogP contribution in [0.3, 0.4) is 0 Å². The van der Waals surface area contributed by atoms with Gasteiger partial charge in [-0.2, -0.15) is 0 Å². The Balaban J connectivity index is 2.07. The first-order valence-corrected chi connectivity index (χ1v) is 14.0. The van der Waals surface area contributed by atoms with E-state index < -0.39 is 42.7 Å². The van der Waals surface area contributed by atoms with Crippen molar-refractivity contribution in [3.63, 3.8) is 0 Å². The summed E-state index contributed by atoms with van der Waals surface area (Å²) in [4.78, 5) is 13.4. The SMILES string of the molecule is CCS(=O)(=O)N1CC[C@](CC(=O)NO)(c2ccc(-c3ccc(OC)cc3)s2)S(=O)(=O)CC1. The van der Waals surface area contributed by atoms with Crippen LogP contribution in [0.15, 0.2) is 36.4 Å². The van der Waals surface area contributed by atoms with Gasteiger partial charge >= 0.3 is 0 Å². The molecule has 1 aliphatic heterocycles. The molecule has 1 aromatic carbocycles. The predicted octanol–water partition coefficient (Wildman–Crippen LogP) is 1.98. The van der Waals surface area contributed by atoms with E-state index in [4.69, 9.17) is 9.94 Å². The number of rotatable bonds is 7. The smallest absolute Gasteiger partial charge is 0.245 e. The summed E-state index contributed by atoms with van der Waals surface area (Å²) in [5, 5.41) is 9.11. The van der Waals surface area contributed by atoms with Gasteiger partial charge in [0.2, 0.25) is 15.9 Å². The Kier molecular flexibility index (Phi) is 7.30. The van der Waals surface area contributed by atoms with Crippen molar-refractivity contribution in [1.82, 2.24) is 9.79 Å². The predicted molar refractivity (Wildman–Crippen MR) is 122 cm³/mol. The molecule has 32 heavy (non-hydrogen) atoms. The first kappa shape index (κ1) is 24.6. The highest BCUT2D eigenvalue weighted by atomic mass is 32.2. The summed E-state index contributed by atoms with van der Waals surface area (Å²) in [5.41, 5.74) is 2.38. The maximum atomic E-state index is 13.5. The van der Waals surface area contributed by atoms with Gasteiger partial charge < -0.3 is 4.74 Å². The van der Waals surface area contributed by atoms with Gasteiger partial charge in [-0.25, -0.2) is 26.6 Å². The van der Waals surface area contributed by atoms with E-state index in [-0.39, 0.29) is 25.3 Å². The van der Waals surface area contributed by atoms with Gasteiger partial charge in [-0.1, -0.05) is 0 Å². The van der Waals surface area contributed by atoms with Crippen LogP contribution in [0.4, 0.5) is 0 Å². The van der Waals surface area contributed by atoms with E-state index in [1.165, 1.54) is 28.0 Å². The summed E-state index contributed by atoms with van der Waals surface area (Å²) >= 11 is 1.23. The van der Waals surface area contributed by atoms with Crippen LogP contribution in [-0.2, 0) is 29.4 Å². The number of nitrogens with zero attached hydrogens (tertiary/aromatic N) is 1. The fourth-order valence-electron chi connectivity index (χ4n) is 3.80. The van der Waals surface area contributed by atoms with Crippen LogP contribution in [0.2, 0.25) is 0 Å². The lowest BCUT2D eigenvalue weighted by molar-refractivity contribution is -0.129. The van der Waals surface area contributed by atoms with Crippen LogP contribution >= 0.6 is 11.3 Å². The van der Waals surface area contributed by atoms with Gasteiger partial charge in [0, 0.05) is 22.8 Å². The topological polar surface area (TPSA) is 130 Å². The second-order valence-electron chi connectivity index (χ2n) is 7.47. The van der Waals surface area contributed by atoms with Crippen molar-refractivity contribution in [2.75, 3.05) is 31.7 Å². The van der Waals surface area contributed by atoms with E-state index in [0.29, 0.717) is 10.6 Å². The maximum Gasteiger partial charge on any atom is 0.245 e. The molecular weight excluding hydrogens is 476 g/mol. The lowest BCUT2D eigenvalue weighted by Crippen LogP contribution is -2.41. The van der Waals surface area contributed by atoms with Crippen molar-refractivity contribution in [2.45, 2.75) is 24.5 Å². The molecule has 1 amide bonds. The van der Waals surface area contributed by atoms with Crippen LogP contribution in [0.1, 0.15) is 24.6 Å². The molecular formula is C20H26N2O7S3. The van der Waals surface area contributed by atoms with Crippen molar-refractivity contribution in [3.8, 4) is 16.2 Å². The van der Waals surface area contributed by atoms with Gasteiger partial charge in [0.1, 0.15) is 10.5 Å². The summed E-state index contributed by atoms with van der Waals surface area (Å²) < 4.78 is 56.4. The van der Waals surface area contributed by atoms with Crippen LogP contribution in [0.5, 0.6) is 5.75 Å². The number of sulfonamides is 1. The van der Waals surface area contributed by atoms with Gasteiger partial charge in [0.25, 0.3) is 0 Å². The minimum absolute atomic E-state index is 0.0378. The standard InChI is InChI=1S/C20H26N2O7S3/c1-3-32(27,28)22-11-10-20(14-19(23)21-24,31(25,26)13-12-22)18-9-8-17(30-18)15-4-6-16(29-2)7-5-15/h4-9,24H,3,10-14H2,1-2H3,(H,21,23)/t20-/m0/s1. The van der Waals surface area contributed by atoms with E-state index in [9.17, 15) is 21.6 Å². The number of carbonyl (C=O) groups excluding carboxylic acids is 1. The monoisotopic (exact) mass is 502 g/mol. The van der Waals surface area contributed by atoms with E-state index >= 15 is 0 Å². The summed E-state index contributed by atoms with van der Waals surface area (Å²) in [6, 6.07) is 10.7. The van der Waals surface area contributed by atoms with Gasteiger partial charge in [-0.3, -0.25) is 10.0 Å². The lowest BCUT2D eigenvalue weighted by Gasteiger charge is -2.30. The normalized spacial score (nSPS) is 21.6. The summed E-state index contributed by atoms with van der Waals surface area (Å²) in [5.74, 6) is -0.719. The Morgan fingerprint density at radius 2 is 1.91 bits per heavy atom. The highest BCUT2D eigenvalue weighted by Gasteiger charge is 2.50. The van der Waals surface area contributed by atoms with Gasteiger partial charge in [0.05, 0.1) is 25.0 Å². The Labute approximate surface area is 191 Å². The molecule has 0 radical (unpaired) electrons. The minimum atomic E-state index is -3.95. The zero-order valence-electron chi connectivity index (χ0n) is 17.8. The molecule has 3 rings (SSSR count). The number of ether oxygens (including phenoxy) is 1. The molecule has 0 bridgehead atoms. The molecule has 1 fully saturated rings. The molecule has 1 atom stereocenters. The van der Waals surface area contributed by atoms with E-state index in [1.807, 2.05) is 12.1 Å². The average molecular weight is 503 g/mol. The van der Waals surface area contributed by atoms with Crippen molar-refractivity contribution in [3.05, 3.63) is 41.3 Å². The third-order valence-electron chi connectivity index (χ3n) is 5.73. The van der Waals surface area contributed by atoms with Crippen molar-refractivity contribution in [1.29, 1.82) is 0 Å². The molecule has 0 saturated carbocycles. The first-order valence-electron chi connectivity index (χ1n) is 9.96. The zero-order valence-corrected chi connectivity index (χ0v) is 20.2. The molecule has 2 heterocycles. The number of benzene rings is 1. The number of thiophene rings is 1. The molecule has 2 aromatic rings. The Hall–Kier alpha value is -1.99. The molecule has 176 valence electrons. The lowest BCUT2D eigenvalue weighted by atomic mass is 9.97. The number of hydroxylamine groups is 1. The maximum absolute atomic E-state index is 13.5. The Morgan fingerprint density at radius 3 is 2.50 bits per heavy atom.